The summed E-state index contributed by atoms with van der Waals surface area (Å²) >= 11 is 0. The molecule has 1 aromatic carbocycles. The van der Waals surface area contributed by atoms with Crippen molar-refractivity contribution in [3.8, 4) is 0 Å². The van der Waals surface area contributed by atoms with E-state index in [1.165, 1.54) is 11.8 Å². The maximum Gasteiger partial charge on any atom is 0.352 e. The second-order valence-electron chi connectivity index (χ2n) is 7.66. The van der Waals surface area contributed by atoms with Gasteiger partial charge in [-0.25, -0.2) is 4.79 Å². The van der Waals surface area contributed by atoms with E-state index < -0.39 is 12.0 Å². The van der Waals surface area contributed by atoms with Gasteiger partial charge in [0.2, 0.25) is 5.91 Å². The number of fused-ring (bicyclic) bond motifs is 1. The number of aliphatic carboxylic acids is 1. The molecule has 7 nitrogen and oxygen atoms in total. The number of piperidine rings is 1. The summed E-state index contributed by atoms with van der Waals surface area (Å²) in [7, 11) is 0. The molecular weight excluding hydrogens is 370 g/mol. The molecule has 5 rings (SSSR count). The standard InChI is InChI=1S/C22H19N3O4/c1-12(26)24-9-8-16-15(19(22(28)29)25-18(16)20(24)21(25)27)7-6-13-10-14-4-2-3-5-17(14)23-11-13/h2-7,10-11,16,18,20H,8-9H2,1H3,(H,28,29)/b7-6+/t16?,18-,20+/m1/s1. The monoisotopic (exact) mass is 389 g/mol. The molecule has 3 aliphatic heterocycles. The maximum absolute atomic E-state index is 12.7. The van der Waals surface area contributed by atoms with Crippen molar-refractivity contribution in [3.63, 3.8) is 0 Å². The molecule has 2 amide bonds. The number of benzene rings is 1. The number of carboxylic acid groups (broad SMARTS) is 1. The van der Waals surface area contributed by atoms with Crippen LogP contribution in [0.2, 0.25) is 0 Å². The van der Waals surface area contributed by atoms with Gasteiger partial charge in [0.25, 0.3) is 5.91 Å². The minimum absolute atomic E-state index is 0.0386. The Morgan fingerprint density at radius 2 is 2.03 bits per heavy atom. The number of rotatable bonds is 3. The van der Waals surface area contributed by atoms with E-state index >= 15 is 0 Å². The quantitative estimate of drug-likeness (QED) is 0.812. The predicted molar refractivity (Wildman–Crippen MR) is 105 cm³/mol. The second kappa shape index (κ2) is 6.27. The summed E-state index contributed by atoms with van der Waals surface area (Å²) in [6.45, 7) is 1.91. The normalized spacial score (nSPS) is 25.6. The topological polar surface area (TPSA) is 90.8 Å². The van der Waals surface area contributed by atoms with Crippen LogP contribution in [0.5, 0.6) is 0 Å². The van der Waals surface area contributed by atoms with Crippen molar-refractivity contribution < 1.29 is 19.5 Å². The van der Waals surface area contributed by atoms with Crippen LogP contribution in [-0.2, 0) is 14.4 Å². The van der Waals surface area contributed by atoms with Gasteiger partial charge in [0.15, 0.2) is 0 Å². The molecule has 1 unspecified atom stereocenters. The van der Waals surface area contributed by atoms with Gasteiger partial charge in [-0.2, -0.15) is 0 Å². The van der Waals surface area contributed by atoms with Gasteiger partial charge in [0.05, 0.1) is 11.6 Å². The highest BCUT2D eigenvalue weighted by Gasteiger charge is 2.63. The number of allylic oxidation sites excluding steroid dienone is 1. The molecule has 146 valence electrons. The number of pyridine rings is 1. The van der Waals surface area contributed by atoms with Crippen LogP contribution in [0.1, 0.15) is 18.9 Å². The van der Waals surface area contributed by atoms with Crippen molar-refractivity contribution >= 4 is 34.8 Å². The number of hydrogen-bond donors (Lipinski definition) is 1. The Balaban J connectivity index is 1.52. The first-order valence-electron chi connectivity index (χ1n) is 9.58. The molecule has 4 heterocycles. The molecule has 7 heteroatoms. The summed E-state index contributed by atoms with van der Waals surface area (Å²) in [4.78, 5) is 43.9. The molecule has 0 bridgehead atoms. The molecule has 2 fully saturated rings. The molecular formula is C22H19N3O4. The Bertz CT molecular complexity index is 1140. The summed E-state index contributed by atoms with van der Waals surface area (Å²) in [6, 6.07) is 8.95. The van der Waals surface area contributed by atoms with Crippen molar-refractivity contribution in [3.05, 3.63) is 59.4 Å². The van der Waals surface area contributed by atoms with Crippen molar-refractivity contribution in [2.45, 2.75) is 25.4 Å². The molecule has 29 heavy (non-hydrogen) atoms. The van der Waals surface area contributed by atoms with E-state index in [1.807, 2.05) is 36.4 Å². The number of nitrogens with zero attached hydrogens (tertiary/aromatic N) is 3. The second-order valence-corrected chi connectivity index (χ2v) is 7.66. The number of hydrogen-bond acceptors (Lipinski definition) is 4. The lowest BCUT2D eigenvalue weighted by Gasteiger charge is -2.53. The fraction of sp³-hybridized carbons (Fsp3) is 0.273. The van der Waals surface area contributed by atoms with E-state index in [0.717, 1.165) is 16.5 Å². The third-order valence-corrected chi connectivity index (χ3v) is 6.13. The van der Waals surface area contributed by atoms with E-state index in [-0.39, 0.29) is 29.5 Å². The van der Waals surface area contributed by atoms with Gasteiger partial charge < -0.3 is 10.0 Å². The van der Waals surface area contributed by atoms with Crippen molar-refractivity contribution in [1.29, 1.82) is 0 Å². The Morgan fingerprint density at radius 1 is 1.24 bits per heavy atom. The van der Waals surface area contributed by atoms with Gasteiger partial charge >= 0.3 is 5.97 Å². The summed E-state index contributed by atoms with van der Waals surface area (Å²) in [6.07, 6.45) is 6.03. The molecule has 0 aliphatic carbocycles. The van der Waals surface area contributed by atoms with Gasteiger partial charge in [-0.05, 0) is 29.7 Å². The third kappa shape index (κ3) is 2.50. The number of para-hydroxylation sites is 1. The van der Waals surface area contributed by atoms with Gasteiger partial charge in [-0.1, -0.05) is 30.4 Å². The minimum atomic E-state index is -1.11. The summed E-state index contributed by atoms with van der Waals surface area (Å²) in [5.41, 5.74) is 2.44. The van der Waals surface area contributed by atoms with E-state index in [2.05, 4.69) is 4.98 Å². The molecule has 0 saturated carbocycles. The van der Waals surface area contributed by atoms with Crippen LogP contribution >= 0.6 is 0 Å². The average Bonchev–Trinajstić information content (AvgIpc) is 3.04. The number of β-lactam (4-membered cyclic amide) rings is 1. The minimum Gasteiger partial charge on any atom is -0.477 e. The van der Waals surface area contributed by atoms with E-state index in [9.17, 15) is 19.5 Å². The van der Waals surface area contributed by atoms with Crippen molar-refractivity contribution in [2.75, 3.05) is 6.54 Å². The summed E-state index contributed by atoms with van der Waals surface area (Å²) in [5, 5.41) is 10.8. The molecule has 2 aromatic rings. The highest BCUT2D eigenvalue weighted by Crippen LogP contribution is 2.49. The van der Waals surface area contributed by atoms with Crippen LogP contribution in [0.4, 0.5) is 0 Å². The Morgan fingerprint density at radius 3 is 2.79 bits per heavy atom. The lowest BCUT2D eigenvalue weighted by molar-refractivity contribution is -0.168. The van der Waals surface area contributed by atoms with E-state index in [0.29, 0.717) is 18.5 Å². The van der Waals surface area contributed by atoms with Crippen molar-refractivity contribution in [1.82, 2.24) is 14.8 Å². The number of carboxylic acids is 1. The van der Waals surface area contributed by atoms with Crippen LogP contribution in [0.3, 0.4) is 0 Å². The fourth-order valence-electron chi connectivity index (χ4n) is 4.86. The molecule has 2 saturated heterocycles. The maximum atomic E-state index is 12.7. The lowest BCUT2D eigenvalue weighted by Crippen LogP contribution is -2.73. The smallest absolute Gasteiger partial charge is 0.352 e. The Hall–Kier alpha value is -3.48. The zero-order chi connectivity index (χ0) is 20.3. The average molecular weight is 389 g/mol. The lowest BCUT2D eigenvalue weighted by atomic mass is 9.78. The van der Waals surface area contributed by atoms with Gasteiger partial charge in [-0.15, -0.1) is 0 Å². The van der Waals surface area contributed by atoms with Crippen LogP contribution in [0.15, 0.2) is 53.9 Å². The number of amides is 2. The predicted octanol–water partition coefficient (Wildman–Crippen LogP) is 2.05. The first-order valence-corrected chi connectivity index (χ1v) is 9.58. The summed E-state index contributed by atoms with van der Waals surface area (Å²) < 4.78 is 0. The zero-order valence-electron chi connectivity index (χ0n) is 15.8. The third-order valence-electron chi connectivity index (χ3n) is 6.13. The molecule has 0 radical (unpaired) electrons. The SMILES string of the molecule is CC(=O)N1CCC2C(/C=C/c3cnc4ccccc4c3)=C(C(=O)O)N3C(=O)[C@@H]1[C@@H]23. The highest BCUT2D eigenvalue weighted by atomic mass is 16.4. The molecule has 0 spiro atoms. The Labute approximate surface area is 166 Å². The van der Waals surface area contributed by atoms with Crippen LogP contribution in [0.25, 0.3) is 17.0 Å². The number of carbonyl (C=O) groups excluding carboxylic acids is 2. The first kappa shape index (κ1) is 17.6. The molecule has 3 atom stereocenters. The van der Waals surface area contributed by atoms with Crippen LogP contribution < -0.4 is 0 Å². The fourth-order valence-corrected chi connectivity index (χ4v) is 4.86. The zero-order valence-corrected chi connectivity index (χ0v) is 15.8. The van der Waals surface area contributed by atoms with Gasteiger partial charge in [0, 0.05) is 31.0 Å². The highest BCUT2D eigenvalue weighted by molar-refractivity contribution is 6.03. The molecule has 1 N–H and O–H groups in total. The Kier molecular flexibility index (Phi) is 3.81. The van der Waals surface area contributed by atoms with Gasteiger partial charge in [0.1, 0.15) is 11.7 Å². The number of carbonyl (C=O) groups is 3. The van der Waals surface area contributed by atoms with E-state index in [1.54, 1.807) is 17.2 Å². The number of likely N-dealkylation sites (tertiary alicyclic amines) is 1. The molecule has 3 aliphatic rings. The first-order chi connectivity index (χ1) is 14.0. The largest absolute Gasteiger partial charge is 0.477 e. The van der Waals surface area contributed by atoms with E-state index in [4.69, 9.17) is 0 Å². The van der Waals surface area contributed by atoms with Crippen molar-refractivity contribution in [2.24, 2.45) is 5.92 Å². The van der Waals surface area contributed by atoms with Gasteiger partial charge in [-0.3, -0.25) is 19.5 Å². The number of aromatic nitrogens is 1. The molecule has 1 aromatic heterocycles. The summed E-state index contributed by atoms with van der Waals surface area (Å²) in [5.74, 6) is -1.64. The van der Waals surface area contributed by atoms with Crippen LogP contribution in [-0.4, -0.2) is 56.3 Å². The van der Waals surface area contributed by atoms with Crippen LogP contribution in [0, 0.1) is 5.92 Å².